The molecule has 0 aliphatic carbocycles. The van der Waals surface area contributed by atoms with Crippen LogP contribution in [0.5, 0.6) is 0 Å². The van der Waals surface area contributed by atoms with Gasteiger partial charge in [-0.05, 0) is 27.7 Å². The van der Waals surface area contributed by atoms with Crippen molar-refractivity contribution >= 4 is 23.3 Å². The van der Waals surface area contributed by atoms with Crippen LogP contribution in [0.2, 0.25) is 0 Å². The minimum absolute atomic E-state index is 0.00600. The van der Waals surface area contributed by atoms with E-state index in [1.54, 1.807) is 27.7 Å². The fourth-order valence-electron chi connectivity index (χ4n) is 1.24. The standard InChI is InChI=1S/C11H18N4O2S/c1-6-8(9(12)13)18-7(15-6)5-14-10(16)17-11(2,3)4/h5H2,1-4H3,(H3,12,13)(H,14,16). The Hall–Kier alpha value is -1.63. The lowest BCUT2D eigenvalue weighted by molar-refractivity contribution is 0.0523. The third-order valence-corrected chi connectivity index (χ3v) is 3.06. The van der Waals surface area contributed by atoms with Gasteiger partial charge in [-0.1, -0.05) is 0 Å². The largest absolute Gasteiger partial charge is 0.444 e. The molecule has 1 aromatic rings. The molecule has 0 radical (unpaired) electrons. The number of alkyl carbamates (subject to hydrolysis) is 1. The molecule has 0 aliphatic rings. The van der Waals surface area contributed by atoms with Gasteiger partial charge in [-0.15, -0.1) is 11.3 Å². The average molecular weight is 270 g/mol. The van der Waals surface area contributed by atoms with Gasteiger partial charge in [-0.25, -0.2) is 9.78 Å². The minimum atomic E-state index is -0.520. The SMILES string of the molecule is Cc1nc(CNC(=O)OC(C)(C)C)sc1C(=N)N. The Labute approximate surface area is 110 Å². The molecule has 18 heavy (non-hydrogen) atoms. The fourth-order valence-corrected chi connectivity index (χ4v) is 2.11. The van der Waals surface area contributed by atoms with Crippen LogP contribution in [0.15, 0.2) is 0 Å². The van der Waals surface area contributed by atoms with Crippen LogP contribution in [0, 0.1) is 12.3 Å². The number of carbonyl (C=O) groups excluding carboxylic acids is 1. The molecule has 100 valence electrons. The summed E-state index contributed by atoms with van der Waals surface area (Å²) in [5, 5.41) is 10.7. The second-order valence-electron chi connectivity index (χ2n) is 4.79. The van der Waals surface area contributed by atoms with E-state index in [4.69, 9.17) is 15.9 Å². The van der Waals surface area contributed by atoms with Gasteiger partial charge < -0.3 is 15.8 Å². The van der Waals surface area contributed by atoms with Gasteiger partial charge in [-0.2, -0.15) is 0 Å². The fraction of sp³-hybridized carbons (Fsp3) is 0.545. The molecular formula is C11H18N4O2S. The van der Waals surface area contributed by atoms with E-state index in [0.717, 1.165) is 0 Å². The van der Waals surface area contributed by atoms with Crippen LogP contribution >= 0.6 is 11.3 Å². The highest BCUT2D eigenvalue weighted by atomic mass is 32.1. The highest BCUT2D eigenvalue weighted by Crippen LogP contribution is 2.17. The Morgan fingerprint density at radius 2 is 2.17 bits per heavy atom. The van der Waals surface area contributed by atoms with E-state index >= 15 is 0 Å². The van der Waals surface area contributed by atoms with Gasteiger partial charge in [0.05, 0.1) is 17.1 Å². The van der Waals surface area contributed by atoms with Crippen molar-refractivity contribution in [2.45, 2.75) is 39.8 Å². The van der Waals surface area contributed by atoms with E-state index in [0.29, 0.717) is 15.6 Å². The van der Waals surface area contributed by atoms with Crippen LogP contribution in [0.25, 0.3) is 0 Å². The summed E-state index contributed by atoms with van der Waals surface area (Å²) in [7, 11) is 0. The lowest BCUT2D eigenvalue weighted by Crippen LogP contribution is -2.32. The molecule has 4 N–H and O–H groups in total. The van der Waals surface area contributed by atoms with Crippen molar-refractivity contribution in [1.82, 2.24) is 10.3 Å². The van der Waals surface area contributed by atoms with Crippen LogP contribution in [-0.4, -0.2) is 22.5 Å². The van der Waals surface area contributed by atoms with E-state index in [2.05, 4.69) is 10.3 Å². The molecular weight excluding hydrogens is 252 g/mol. The first-order chi connectivity index (χ1) is 8.19. The van der Waals surface area contributed by atoms with Crippen LogP contribution in [0.1, 0.15) is 36.3 Å². The van der Waals surface area contributed by atoms with E-state index < -0.39 is 11.7 Å². The summed E-state index contributed by atoms with van der Waals surface area (Å²) in [6.07, 6.45) is -0.486. The lowest BCUT2D eigenvalue weighted by Gasteiger charge is -2.19. The predicted molar refractivity (Wildman–Crippen MR) is 70.9 cm³/mol. The first-order valence-electron chi connectivity index (χ1n) is 5.46. The van der Waals surface area contributed by atoms with Crippen LogP contribution in [0.3, 0.4) is 0 Å². The number of nitrogen functional groups attached to an aromatic ring is 1. The third kappa shape index (κ3) is 4.33. The summed E-state index contributed by atoms with van der Waals surface area (Å²) in [6.45, 7) is 7.45. The Bertz CT molecular complexity index is 462. The molecule has 0 atom stereocenters. The predicted octanol–water partition coefficient (Wildman–Crippen LogP) is 1.76. The highest BCUT2D eigenvalue weighted by Gasteiger charge is 2.16. The number of carbonyl (C=O) groups is 1. The summed E-state index contributed by atoms with van der Waals surface area (Å²) >= 11 is 1.30. The average Bonchev–Trinajstić information content (AvgIpc) is 2.54. The number of amidine groups is 1. The maximum atomic E-state index is 11.4. The zero-order valence-electron chi connectivity index (χ0n) is 11.0. The molecule has 0 aromatic carbocycles. The number of amides is 1. The second-order valence-corrected chi connectivity index (χ2v) is 5.87. The van der Waals surface area contributed by atoms with Crippen molar-refractivity contribution in [3.05, 3.63) is 15.6 Å². The van der Waals surface area contributed by atoms with Gasteiger partial charge in [-0.3, -0.25) is 5.41 Å². The Morgan fingerprint density at radius 1 is 1.56 bits per heavy atom. The normalized spacial score (nSPS) is 11.1. The van der Waals surface area contributed by atoms with E-state index in [9.17, 15) is 4.79 Å². The van der Waals surface area contributed by atoms with Gasteiger partial charge >= 0.3 is 6.09 Å². The Morgan fingerprint density at radius 3 is 2.61 bits per heavy atom. The van der Waals surface area contributed by atoms with Gasteiger partial charge in [0, 0.05) is 0 Å². The zero-order valence-corrected chi connectivity index (χ0v) is 11.8. The first kappa shape index (κ1) is 14.4. The molecule has 0 saturated carbocycles. The highest BCUT2D eigenvalue weighted by molar-refractivity contribution is 7.13. The number of hydrogen-bond donors (Lipinski definition) is 3. The number of aromatic nitrogens is 1. The molecule has 0 saturated heterocycles. The molecule has 0 unspecified atom stereocenters. The molecule has 1 heterocycles. The minimum Gasteiger partial charge on any atom is -0.444 e. The molecule has 0 aliphatic heterocycles. The van der Waals surface area contributed by atoms with E-state index in [-0.39, 0.29) is 12.4 Å². The van der Waals surface area contributed by atoms with E-state index in [1.807, 2.05) is 0 Å². The summed E-state index contributed by atoms with van der Waals surface area (Å²) in [5.41, 5.74) is 5.59. The van der Waals surface area contributed by atoms with Crippen molar-refractivity contribution < 1.29 is 9.53 Å². The van der Waals surface area contributed by atoms with Gasteiger partial charge in [0.2, 0.25) is 0 Å². The van der Waals surface area contributed by atoms with Gasteiger partial charge in [0.1, 0.15) is 16.4 Å². The molecule has 1 aromatic heterocycles. The smallest absolute Gasteiger partial charge is 0.408 e. The Balaban J connectivity index is 2.57. The van der Waals surface area contributed by atoms with Crippen molar-refractivity contribution in [3.63, 3.8) is 0 Å². The van der Waals surface area contributed by atoms with Crippen LogP contribution < -0.4 is 11.1 Å². The number of aryl methyl sites for hydroxylation is 1. The maximum absolute atomic E-state index is 11.4. The number of nitrogens with two attached hydrogens (primary N) is 1. The van der Waals surface area contributed by atoms with Crippen LogP contribution in [-0.2, 0) is 11.3 Å². The molecule has 7 heteroatoms. The molecule has 0 bridgehead atoms. The zero-order chi connectivity index (χ0) is 13.9. The van der Waals surface area contributed by atoms with Gasteiger partial charge in [0.25, 0.3) is 0 Å². The number of nitrogens with one attached hydrogen (secondary N) is 2. The van der Waals surface area contributed by atoms with Crippen molar-refractivity contribution in [3.8, 4) is 0 Å². The van der Waals surface area contributed by atoms with E-state index in [1.165, 1.54) is 11.3 Å². The molecule has 1 rings (SSSR count). The first-order valence-corrected chi connectivity index (χ1v) is 6.28. The summed E-state index contributed by atoms with van der Waals surface area (Å²) in [5.74, 6) is -0.00600. The third-order valence-electron chi connectivity index (χ3n) is 1.87. The van der Waals surface area contributed by atoms with Gasteiger partial charge in [0.15, 0.2) is 0 Å². The van der Waals surface area contributed by atoms with Crippen molar-refractivity contribution in [1.29, 1.82) is 5.41 Å². The topological polar surface area (TPSA) is 101 Å². The molecule has 6 nitrogen and oxygen atoms in total. The number of ether oxygens (including phenoxy) is 1. The number of thiazole rings is 1. The maximum Gasteiger partial charge on any atom is 0.408 e. The quantitative estimate of drug-likeness (QED) is 0.575. The number of hydrogen-bond acceptors (Lipinski definition) is 5. The van der Waals surface area contributed by atoms with Crippen LogP contribution in [0.4, 0.5) is 4.79 Å². The molecule has 0 fully saturated rings. The van der Waals surface area contributed by atoms with Crippen molar-refractivity contribution in [2.24, 2.45) is 5.73 Å². The summed E-state index contributed by atoms with van der Waals surface area (Å²) in [6, 6.07) is 0. The summed E-state index contributed by atoms with van der Waals surface area (Å²) in [4.78, 5) is 16.3. The monoisotopic (exact) mass is 270 g/mol. The Kier molecular flexibility index (Phi) is 4.28. The summed E-state index contributed by atoms with van der Waals surface area (Å²) < 4.78 is 5.10. The number of nitrogens with zero attached hydrogens (tertiary/aromatic N) is 1. The molecule has 0 spiro atoms. The van der Waals surface area contributed by atoms with Crippen molar-refractivity contribution in [2.75, 3.05) is 0 Å². The molecule has 1 amide bonds. The second kappa shape index (κ2) is 5.34. The number of rotatable bonds is 3. The lowest BCUT2D eigenvalue weighted by atomic mass is 10.2.